The maximum atomic E-state index is 12.8. The van der Waals surface area contributed by atoms with Crippen LogP contribution in [0.15, 0.2) is 36.5 Å². The van der Waals surface area contributed by atoms with Crippen molar-refractivity contribution in [3.05, 3.63) is 47.8 Å². The van der Waals surface area contributed by atoms with Gasteiger partial charge in [0.2, 0.25) is 0 Å². The van der Waals surface area contributed by atoms with Gasteiger partial charge in [-0.05, 0) is 50.8 Å². The molecule has 1 N–H and O–H groups in total. The third kappa shape index (κ3) is 4.77. The maximum Gasteiger partial charge on any atom is 0.276 e. The van der Waals surface area contributed by atoms with Crippen LogP contribution in [0.3, 0.4) is 0 Å². The first-order chi connectivity index (χ1) is 13.8. The largest absolute Gasteiger partial charge is 0.378 e. The second kappa shape index (κ2) is 9.30. The second-order valence-electron chi connectivity index (χ2n) is 7.66. The molecule has 2 aliphatic rings. The SMILES string of the molecule is O=C(c1cn(C2CCNCC2)nn1)N1CCC(OCCc2ccccc2)CC1. The summed E-state index contributed by atoms with van der Waals surface area (Å²) in [6.07, 6.45) is 6.80. The first-order valence-corrected chi connectivity index (χ1v) is 10.4. The first-order valence-electron chi connectivity index (χ1n) is 10.4. The molecule has 7 nitrogen and oxygen atoms in total. The van der Waals surface area contributed by atoms with Crippen LogP contribution < -0.4 is 5.32 Å². The molecule has 4 rings (SSSR count). The Morgan fingerprint density at radius 2 is 1.86 bits per heavy atom. The molecule has 7 heteroatoms. The van der Waals surface area contributed by atoms with Crippen LogP contribution >= 0.6 is 0 Å². The summed E-state index contributed by atoms with van der Waals surface area (Å²) in [5.41, 5.74) is 1.76. The van der Waals surface area contributed by atoms with E-state index >= 15 is 0 Å². The Hall–Kier alpha value is -2.25. The monoisotopic (exact) mass is 383 g/mol. The molecule has 2 saturated heterocycles. The Bertz CT molecular complexity index is 749. The minimum absolute atomic E-state index is 0.0112. The number of benzene rings is 1. The fourth-order valence-electron chi connectivity index (χ4n) is 4.00. The van der Waals surface area contributed by atoms with Gasteiger partial charge in [0.1, 0.15) is 0 Å². The molecule has 0 radical (unpaired) electrons. The average Bonchev–Trinajstić information content (AvgIpc) is 3.25. The van der Waals surface area contributed by atoms with Crippen molar-refractivity contribution in [2.24, 2.45) is 0 Å². The van der Waals surface area contributed by atoms with E-state index < -0.39 is 0 Å². The summed E-state index contributed by atoms with van der Waals surface area (Å²) < 4.78 is 7.90. The van der Waals surface area contributed by atoms with E-state index in [1.54, 1.807) is 0 Å². The predicted molar refractivity (Wildman–Crippen MR) is 106 cm³/mol. The van der Waals surface area contributed by atoms with Gasteiger partial charge in [-0.25, -0.2) is 4.68 Å². The fourth-order valence-corrected chi connectivity index (χ4v) is 4.00. The minimum Gasteiger partial charge on any atom is -0.378 e. The van der Waals surface area contributed by atoms with Gasteiger partial charge in [0, 0.05) is 13.1 Å². The third-order valence-electron chi connectivity index (χ3n) is 5.73. The lowest BCUT2D eigenvalue weighted by molar-refractivity contribution is 0.00988. The van der Waals surface area contributed by atoms with Crippen molar-refractivity contribution < 1.29 is 9.53 Å². The highest BCUT2D eigenvalue weighted by Gasteiger charge is 2.26. The van der Waals surface area contributed by atoms with Crippen molar-refractivity contribution in [2.45, 2.75) is 44.2 Å². The van der Waals surface area contributed by atoms with E-state index in [1.807, 2.05) is 21.8 Å². The molecule has 3 heterocycles. The lowest BCUT2D eigenvalue weighted by atomic mass is 10.1. The van der Waals surface area contributed by atoms with Crippen LogP contribution in [0.2, 0.25) is 0 Å². The molecule has 1 aromatic carbocycles. The van der Waals surface area contributed by atoms with Crippen molar-refractivity contribution in [1.29, 1.82) is 0 Å². The van der Waals surface area contributed by atoms with E-state index in [0.29, 0.717) is 11.7 Å². The van der Waals surface area contributed by atoms with Crippen molar-refractivity contribution in [1.82, 2.24) is 25.2 Å². The van der Waals surface area contributed by atoms with Gasteiger partial charge >= 0.3 is 0 Å². The van der Waals surface area contributed by atoms with Crippen LogP contribution in [0.1, 0.15) is 47.8 Å². The highest BCUT2D eigenvalue weighted by Crippen LogP contribution is 2.19. The van der Waals surface area contributed by atoms with Gasteiger partial charge in [0.25, 0.3) is 5.91 Å². The number of piperidine rings is 2. The zero-order chi connectivity index (χ0) is 19.2. The Labute approximate surface area is 166 Å². The molecule has 2 aliphatic heterocycles. The molecular weight excluding hydrogens is 354 g/mol. The molecular formula is C21H29N5O2. The Morgan fingerprint density at radius 1 is 1.11 bits per heavy atom. The summed E-state index contributed by atoms with van der Waals surface area (Å²) in [4.78, 5) is 14.6. The summed E-state index contributed by atoms with van der Waals surface area (Å²) in [6.45, 7) is 4.15. The lowest BCUT2D eigenvalue weighted by Gasteiger charge is -2.31. The maximum absolute atomic E-state index is 12.8. The molecule has 0 atom stereocenters. The lowest BCUT2D eigenvalue weighted by Crippen LogP contribution is -2.41. The predicted octanol–water partition coefficient (Wildman–Crippen LogP) is 2.07. The van der Waals surface area contributed by atoms with Gasteiger partial charge in [0.15, 0.2) is 5.69 Å². The van der Waals surface area contributed by atoms with Crippen LogP contribution in [-0.4, -0.2) is 64.7 Å². The van der Waals surface area contributed by atoms with Gasteiger partial charge in [0.05, 0.1) is 24.9 Å². The topological polar surface area (TPSA) is 72.3 Å². The summed E-state index contributed by atoms with van der Waals surface area (Å²) in [7, 11) is 0. The number of ether oxygens (including phenoxy) is 1. The number of nitrogens with zero attached hydrogens (tertiary/aromatic N) is 4. The number of hydrogen-bond acceptors (Lipinski definition) is 5. The Morgan fingerprint density at radius 3 is 2.61 bits per heavy atom. The zero-order valence-corrected chi connectivity index (χ0v) is 16.3. The number of likely N-dealkylation sites (tertiary alicyclic amines) is 1. The molecule has 28 heavy (non-hydrogen) atoms. The van der Waals surface area contributed by atoms with Crippen molar-refractivity contribution in [3.8, 4) is 0 Å². The highest BCUT2D eigenvalue weighted by atomic mass is 16.5. The van der Waals surface area contributed by atoms with E-state index in [2.05, 4.69) is 39.9 Å². The highest BCUT2D eigenvalue weighted by molar-refractivity contribution is 5.92. The van der Waals surface area contributed by atoms with Crippen molar-refractivity contribution in [3.63, 3.8) is 0 Å². The van der Waals surface area contributed by atoms with E-state index in [1.165, 1.54) is 5.56 Å². The van der Waals surface area contributed by atoms with E-state index in [-0.39, 0.29) is 12.0 Å². The van der Waals surface area contributed by atoms with Gasteiger partial charge in [-0.15, -0.1) is 5.10 Å². The van der Waals surface area contributed by atoms with Gasteiger partial charge in [-0.3, -0.25) is 4.79 Å². The van der Waals surface area contributed by atoms with Crippen LogP contribution in [-0.2, 0) is 11.2 Å². The number of carbonyl (C=O) groups excluding carboxylic acids is 1. The van der Waals surface area contributed by atoms with Crippen LogP contribution in [0, 0.1) is 0 Å². The summed E-state index contributed by atoms with van der Waals surface area (Å²) in [6, 6.07) is 10.7. The fraction of sp³-hybridized carbons (Fsp3) is 0.571. The quantitative estimate of drug-likeness (QED) is 0.827. The van der Waals surface area contributed by atoms with Crippen LogP contribution in [0.25, 0.3) is 0 Å². The standard InChI is InChI=1S/C21H29N5O2/c27-21(20-16-26(24-23-20)18-6-11-22-12-7-18)25-13-8-19(9-14-25)28-15-10-17-4-2-1-3-5-17/h1-5,16,18-19,22H,6-15H2. The molecule has 0 aliphatic carbocycles. The minimum atomic E-state index is -0.0112. The molecule has 0 bridgehead atoms. The molecule has 0 spiro atoms. The van der Waals surface area contributed by atoms with Gasteiger partial charge in [-0.2, -0.15) is 0 Å². The molecule has 2 fully saturated rings. The number of nitrogens with one attached hydrogen (secondary N) is 1. The van der Waals surface area contributed by atoms with Crippen molar-refractivity contribution >= 4 is 5.91 Å². The molecule has 0 unspecified atom stereocenters. The summed E-state index contributed by atoms with van der Waals surface area (Å²) in [5.74, 6) is -0.0112. The zero-order valence-electron chi connectivity index (χ0n) is 16.3. The Kier molecular flexibility index (Phi) is 6.34. The average molecular weight is 383 g/mol. The number of carbonyl (C=O) groups is 1. The third-order valence-corrected chi connectivity index (χ3v) is 5.73. The normalized spacial score (nSPS) is 19.1. The summed E-state index contributed by atoms with van der Waals surface area (Å²) in [5, 5.41) is 11.7. The van der Waals surface area contributed by atoms with Crippen LogP contribution in [0.4, 0.5) is 0 Å². The van der Waals surface area contributed by atoms with Crippen LogP contribution in [0.5, 0.6) is 0 Å². The van der Waals surface area contributed by atoms with E-state index in [9.17, 15) is 4.79 Å². The number of rotatable bonds is 6. The van der Waals surface area contributed by atoms with E-state index in [0.717, 1.165) is 64.9 Å². The second-order valence-corrected chi connectivity index (χ2v) is 7.66. The molecule has 2 aromatic rings. The molecule has 1 amide bonds. The van der Waals surface area contributed by atoms with Gasteiger partial charge in [-0.1, -0.05) is 35.5 Å². The summed E-state index contributed by atoms with van der Waals surface area (Å²) >= 11 is 0. The smallest absolute Gasteiger partial charge is 0.276 e. The number of amides is 1. The van der Waals surface area contributed by atoms with Crippen molar-refractivity contribution in [2.75, 3.05) is 32.8 Å². The molecule has 0 saturated carbocycles. The Balaban J connectivity index is 1.22. The molecule has 1 aromatic heterocycles. The number of aromatic nitrogens is 3. The van der Waals surface area contributed by atoms with E-state index in [4.69, 9.17) is 4.74 Å². The first kappa shape index (κ1) is 19.1. The van der Waals surface area contributed by atoms with Gasteiger partial charge < -0.3 is 15.0 Å². The molecule has 150 valence electrons. The number of hydrogen-bond donors (Lipinski definition) is 1.